The number of rotatable bonds is 5. The van der Waals surface area contributed by atoms with Crippen LogP contribution in [0.15, 0.2) is 77.7 Å². The molecule has 8 heteroatoms. The van der Waals surface area contributed by atoms with Crippen molar-refractivity contribution in [2.75, 3.05) is 35.5 Å². The second-order valence-corrected chi connectivity index (χ2v) is 9.44. The van der Waals surface area contributed by atoms with Gasteiger partial charge in [0.15, 0.2) is 6.61 Å². The molecule has 2 aliphatic heterocycles. The van der Waals surface area contributed by atoms with E-state index in [1.807, 2.05) is 48.5 Å². The Kier molecular flexibility index (Phi) is 5.22. The number of hydrogen-bond acceptors (Lipinski definition) is 5. The first-order chi connectivity index (χ1) is 15.5. The molecule has 2 aliphatic rings. The largest absolute Gasteiger partial charge is 0.490 e. The summed E-state index contributed by atoms with van der Waals surface area (Å²) >= 11 is 0. The first kappa shape index (κ1) is 20.4. The van der Waals surface area contributed by atoms with Crippen LogP contribution in [0.5, 0.6) is 11.5 Å². The molecule has 0 N–H and O–H groups in total. The molecule has 0 spiro atoms. The molecule has 0 fully saturated rings. The summed E-state index contributed by atoms with van der Waals surface area (Å²) < 4.78 is 38.9. The zero-order chi connectivity index (χ0) is 22.1. The van der Waals surface area contributed by atoms with Crippen LogP contribution in [-0.4, -0.2) is 40.6 Å². The summed E-state index contributed by atoms with van der Waals surface area (Å²) in [5.41, 5.74) is 2.48. The molecule has 5 rings (SSSR count). The average molecular weight is 451 g/mol. The van der Waals surface area contributed by atoms with E-state index < -0.39 is 10.0 Å². The predicted molar refractivity (Wildman–Crippen MR) is 121 cm³/mol. The topological polar surface area (TPSA) is 76.2 Å². The molecule has 0 saturated heterocycles. The third kappa shape index (κ3) is 3.67. The van der Waals surface area contributed by atoms with Crippen LogP contribution in [0, 0.1) is 0 Å². The van der Waals surface area contributed by atoms with Crippen LogP contribution in [0.3, 0.4) is 0 Å². The molecule has 0 saturated carbocycles. The summed E-state index contributed by atoms with van der Waals surface area (Å²) in [6.07, 6.45) is 0.698. The predicted octanol–water partition coefficient (Wildman–Crippen LogP) is 3.24. The van der Waals surface area contributed by atoms with Crippen LogP contribution in [0.25, 0.3) is 0 Å². The lowest BCUT2D eigenvalue weighted by atomic mass is 10.2. The Hall–Kier alpha value is -3.52. The number of benzene rings is 3. The van der Waals surface area contributed by atoms with Crippen molar-refractivity contribution in [3.05, 3.63) is 78.4 Å². The van der Waals surface area contributed by atoms with Gasteiger partial charge in [0, 0.05) is 6.54 Å². The number of carbonyl (C=O) groups excluding carboxylic acids is 1. The first-order valence-corrected chi connectivity index (χ1v) is 11.8. The van der Waals surface area contributed by atoms with Gasteiger partial charge in [-0.3, -0.25) is 9.10 Å². The number of anilines is 2. The molecule has 3 aromatic rings. The highest BCUT2D eigenvalue weighted by molar-refractivity contribution is 7.92. The Balaban J connectivity index is 1.27. The van der Waals surface area contributed by atoms with E-state index in [1.54, 1.807) is 17.0 Å². The lowest BCUT2D eigenvalue weighted by molar-refractivity contribution is -0.120. The van der Waals surface area contributed by atoms with Gasteiger partial charge in [0.05, 0.1) is 22.8 Å². The molecule has 0 unspecified atom stereocenters. The van der Waals surface area contributed by atoms with Crippen LogP contribution in [0.1, 0.15) is 5.56 Å². The number of ether oxygens (including phenoxy) is 2. The molecular formula is C24H22N2O5S. The molecule has 0 aromatic heterocycles. The van der Waals surface area contributed by atoms with E-state index in [0.717, 1.165) is 16.9 Å². The number of para-hydroxylation sites is 3. The maximum Gasteiger partial charge on any atom is 0.265 e. The van der Waals surface area contributed by atoms with E-state index in [9.17, 15) is 13.2 Å². The molecule has 7 nitrogen and oxygen atoms in total. The number of nitrogens with zero attached hydrogens (tertiary/aromatic N) is 2. The second-order valence-electron chi connectivity index (χ2n) is 7.58. The summed E-state index contributed by atoms with van der Waals surface area (Å²) in [5, 5.41) is 0. The van der Waals surface area contributed by atoms with Crippen LogP contribution in [-0.2, 0) is 21.2 Å². The summed E-state index contributed by atoms with van der Waals surface area (Å²) in [4.78, 5) is 14.5. The Morgan fingerprint density at radius 3 is 2.44 bits per heavy atom. The molecule has 0 bridgehead atoms. The van der Waals surface area contributed by atoms with E-state index in [-0.39, 0.29) is 17.4 Å². The lowest BCUT2D eigenvalue weighted by Crippen LogP contribution is -2.40. The van der Waals surface area contributed by atoms with Gasteiger partial charge in [-0.25, -0.2) is 8.42 Å². The van der Waals surface area contributed by atoms with Gasteiger partial charge < -0.3 is 14.4 Å². The second kappa shape index (κ2) is 8.20. The van der Waals surface area contributed by atoms with Crippen molar-refractivity contribution in [2.45, 2.75) is 11.3 Å². The molecule has 0 atom stereocenters. The van der Waals surface area contributed by atoms with E-state index in [2.05, 4.69) is 0 Å². The van der Waals surface area contributed by atoms with Crippen molar-refractivity contribution in [3.8, 4) is 11.5 Å². The summed E-state index contributed by atoms with van der Waals surface area (Å²) in [6.45, 7) is 1.15. The SMILES string of the molecule is O=C(COc1ccc(S(=O)(=O)N2CCc3ccccc32)cc1)N1CCOc2ccccc21. The van der Waals surface area contributed by atoms with Crippen molar-refractivity contribution < 1.29 is 22.7 Å². The minimum Gasteiger partial charge on any atom is -0.490 e. The van der Waals surface area contributed by atoms with Gasteiger partial charge in [0.1, 0.15) is 18.1 Å². The van der Waals surface area contributed by atoms with Crippen molar-refractivity contribution in [1.82, 2.24) is 0 Å². The van der Waals surface area contributed by atoms with Crippen LogP contribution in [0.4, 0.5) is 11.4 Å². The number of hydrogen-bond donors (Lipinski definition) is 0. The van der Waals surface area contributed by atoms with E-state index in [0.29, 0.717) is 37.6 Å². The Labute approximate surface area is 186 Å². The van der Waals surface area contributed by atoms with Crippen molar-refractivity contribution in [1.29, 1.82) is 0 Å². The molecular weight excluding hydrogens is 428 g/mol. The van der Waals surface area contributed by atoms with E-state index in [4.69, 9.17) is 9.47 Å². The molecule has 164 valence electrons. The smallest absolute Gasteiger partial charge is 0.265 e. The van der Waals surface area contributed by atoms with Crippen LogP contribution >= 0.6 is 0 Å². The Bertz CT molecular complexity index is 1260. The third-order valence-electron chi connectivity index (χ3n) is 5.65. The van der Waals surface area contributed by atoms with Crippen LogP contribution in [0.2, 0.25) is 0 Å². The summed E-state index contributed by atoms with van der Waals surface area (Å²) in [7, 11) is -3.66. The van der Waals surface area contributed by atoms with E-state index in [1.165, 1.54) is 16.4 Å². The molecule has 1 amide bonds. The normalized spacial score (nSPS) is 15.0. The monoisotopic (exact) mass is 450 g/mol. The maximum absolute atomic E-state index is 13.1. The zero-order valence-electron chi connectivity index (χ0n) is 17.3. The third-order valence-corrected chi connectivity index (χ3v) is 7.48. The van der Waals surface area contributed by atoms with Gasteiger partial charge in [-0.05, 0) is 54.4 Å². The first-order valence-electron chi connectivity index (χ1n) is 10.4. The molecule has 2 heterocycles. The number of fused-ring (bicyclic) bond motifs is 2. The molecule has 0 radical (unpaired) electrons. The Morgan fingerprint density at radius 2 is 1.62 bits per heavy atom. The Morgan fingerprint density at radius 1 is 0.906 bits per heavy atom. The van der Waals surface area contributed by atoms with Crippen molar-refractivity contribution in [3.63, 3.8) is 0 Å². The number of sulfonamides is 1. The minimum atomic E-state index is -3.66. The van der Waals surface area contributed by atoms with Gasteiger partial charge in [0.25, 0.3) is 15.9 Å². The van der Waals surface area contributed by atoms with Crippen molar-refractivity contribution >= 4 is 27.3 Å². The maximum atomic E-state index is 13.1. The fourth-order valence-electron chi connectivity index (χ4n) is 4.04. The fourth-order valence-corrected chi connectivity index (χ4v) is 5.55. The molecule has 0 aliphatic carbocycles. The van der Waals surface area contributed by atoms with Crippen molar-refractivity contribution in [2.24, 2.45) is 0 Å². The lowest BCUT2D eigenvalue weighted by Gasteiger charge is -2.29. The summed E-state index contributed by atoms with van der Waals surface area (Å²) in [6, 6.07) is 21.1. The highest BCUT2D eigenvalue weighted by Gasteiger charge is 2.30. The number of amides is 1. The number of carbonyl (C=O) groups is 1. The molecule has 32 heavy (non-hydrogen) atoms. The summed E-state index contributed by atoms with van der Waals surface area (Å²) in [5.74, 6) is 0.914. The quantitative estimate of drug-likeness (QED) is 0.597. The standard InChI is InChI=1S/C24H22N2O5S/c27-24(25-15-16-30-23-8-4-3-7-22(23)25)17-31-19-9-11-20(12-10-19)32(28,29)26-14-13-18-5-1-2-6-21(18)26/h1-12H,13-17H2. The highest BCUT2D eigenvalue weighted by Crippen LogP contribution is 2.33. The van der Waals surface area contributed by atoms with Gasteiger partial charge in [-0.2, -0.15) is 0 Å². The zero-order valence-corrected chi connectivity index (χ0v) is 18.1. The van der Waals surface area contributed by atoms with Gasteiger partial charge in [0.2, 0.25) is 0 Å². The molecule has 3 aromatic carbocycles. The minimum absolute atomic E-state index is 0.153. The average Bonchev–Trinajstić information content (AvgIpc) is 3.27. The highest BCUT2D eigenvalue weighted by atomic mass is 32.2. The van der Waals surface area contributed by atoms with Gasteiger partial charge in [-0.1, -0.05) is 30.3 Å². The van der Waals surface area contributed by atoms with Gasteiger partial charge >= 0.3 is 0 Å². The van der Waals surface area contributed by atoms with E-state index >= 15 is 0 Å². The fraction of sp³-hybridized carbons (Fsp3) is 0.208. The van der Waals surface area contributed by atoms with Gasteiger partial charge in [-0.15, -0.1) is 0 Å². The van der Waals surface area contributed by atoms with Crippen LogP contribution < -0.4 is 18.7 Å².